The Balaban J connectivity index is 2.65. The van der Waals surface area contributed by atoms with Gasteiger partial charge in [0.2, 0.25) is 5.91 Å². The first-order valence-corrected chi connectivity index (χ1v) is 7.57. The number of ether oxygens (including phenoxy) is 1. The topological polar surface area (TPSA) is 75.6 Å². The Bertz CT molecular complexity index is 516. The molecule has 0 fully saturated rings. The van der Waals surface area contributed by atoms with Crippen LogP contribution >= 0.6 is 23.2 Å². The smallest absolute Gasteiger partial charge is 0.326 e. The van der Waals surface area contributed by atoms with Crippen molar-refractivity contribution in [2.24, 2.45) is 0 Å². The number of halogens is 2. The Morgan fingerprint density at radius 3 is 2.36 bits per heavy atom. The fourth-order valence-electron chi connectivity index (χ4n) is 1.88. The van der Waals surface area contributed by atoms with Crippen LogP contribution in [0.1, 0.15) is 25.3 Å². The molecule has 5 nitrogen and oxygen atoms in total. The molecule has 1 aromatic rings. The fourth-order valence-corrected chi connectivity index (χ4v) is 2.45. The normalized spacial score (nSPS) is 13.5. The van der Waals surface area contributed by atoms with Crippen molar-refractivity contribution in [2.75, 3.05) is 7.11 Å². The predicted octanol–water partition coefficient (Wildman–Crippen LogP) is 2.92. The minimum Gasteiger partial charge on any atom is -0.480 e. The van der Waals surface area contributed by atoms with Gasteiger partial charge in [-0.2, -0.15) is 0 Å². The van der Waals surface area contributed by atoms with E-state index in [0.717, 1.165) is 0 Å². The average molecular weight is 348 g/mol. The lowest BCUT2D eigenvalue weighted by molar-refractivity contribution is -0.141. The quantitative estimate of drug-likeness (QED) is 0.757. The highest BCUT2D eigenvalue weighted by molar-refractivity contribution is 6.34. The zero-order valence-electron chi connectivity index (χ0n) is 12.4. The van der Waals surface area contributed by atoms with Crippen molar-refractivity contribution in [3.63, 3.8) is 0 Å². The van der Waals surface area contributed by atoms with Gasteiger partial charge in [-0.05, 0) is 37.1 Å². The highest BCUT2D eigenvalue weighted by Crippen LogP contribution is 2.20. The average Bonchev–Trinajstić information content (AvgIpc) is 2.42. The third-order valence-electron chi connectivity index (χ3n) is 3.18. The summed E-state index contributed by atoms with van der Waals surface area (Å²) in [5, 5.41) is 12.6. The van der Waals surface area contributed by atoms with E-state index >= 15 is 0 Å². The van der Waals surface area contributed by atoms with Crippen molar-refractivity contribution < 1.29 is 19.4 Å². The highest BCUT2D eigenvalue weighted by Gasteiger charge is 2.21. The van der Waals surface area contributed by atoms with Crippen LogP contribution in [0.5, 0.6) is 0 Å². The lowest BCUT2D eigenvalue weighted by atomic mass is 10.1. The van der Waals surface area contributed by atoms with E-state index in [9.17, 15) is 14.7 Å². The molecule has 22 heavy (non-hydrogen) atoms. The summed E-state index contributed by atoms with van der Waals surface area (Å²) in [5.74, 6) is -1.44. The van der Waals surface area contributed by atoms with Gasteiger partial charge in [-0.25, -0.2) is 4.79 Å². The van der Waals surface area contributed by atoms with Gasteiger partial charge in [-0.15, -0.1) is 0 Å². The number of carboxylic acids is 1. The second-order valence-electron chi connectivity index (χ2n) is 5.03. The molecule has 0 aromatic heterocycles. The van der Waals surface area contributed by atoms with Gasteiger partial charge in [-0.3, -0.25) is 4.79 Å². The van der Waals surface area contributed by atoms with Gasteiger partial charge in [-0.1, -0.05) is 23.2 Å². The summed E-state index contributed by atoms with van der Waals surface area (Å²) in [6, 6.07) is 3.79. The molecule has 0 saturated carbocycles. The maximum atomic E-state index is 11.8. The van der Waals surface area contributed by atoms with Crippen molar-refractivity contribution in [3.8, 4) is 0 Å². The van der Waals surface area contributed by atoms with E-state index in [2.05, 4.69) is 5.32 Å². The van der Waals surface area contributed by atoms with Gasteiger partial charge in [0.1, 0.15) is 6.04 Å². The molecule has 1 amide bonds. The van der Waals surface area contributed by atoms with Crippen LogP contribution in [0.3, 0.4) is 0 Å². The Morgan fingerprint density at radius 1 is 1.27 bits per heavy atom. The molecule has 1 rings (SSSR count). The van der Waals surface area contributed by atoms with Crippen molar-refractivity contribution >= 4 is 35.1 Å². The number of carbonyl (C=O) groups excluding carboxylic acids is 1. The van der Waals surface area contributed by atoms with E-state index in [4.69, 9.17) is 27.9 Å². The Morgan fingerprint density at radius 2 is 1.86 bits per heavy atom. The van der Waals surface area contributed by atoms with Gasteiger partial charge in [0.05, 0.1) is 6.10 Å². The lowest BCUT2D eigenvalue weighted by Gasteiger charge is -2.16. The SMILES string of the molecule is COC(C)CCC(=O)NC(Cc1cc(Cl)cc(Cl)c1)C(=O)O. The Hall–Kier alpha value is -1.30. The maximum Gasteiger partial charge on any atom is 0.326 e. The van der Waals surface area contributed by atoms with Crippen molar-refractivity contribution in [2.45, 2.75) is 38.3 Å². The monoisotopic (exact) mass is 347 g/mol. The highest BCUT2D eigenvalue weighted by atomic mass is 35.5. The molecule has 0 bridgehead atoms. The standard InChI is InChI=1S/C15H19Cl2NO4/c1-9(22-2)3-4-14(19)18-13(15(20)21)7-10-5-11(16)8-12(17)6-10/h5-6,8-9,13H,3-4,7H2,1-2H3,(H,18,19)(H,20,21). The number of amides is 1. The van der Waals surface area contributed by atoms with Gasteiger partial charge in [0.25, 0.3) is 0 Å². The lowest BCUT2D eigenvalue weighted by Crippen LogP contribution is -2.42. The van der Waals surface area contributed by atoms with Crippen LogP contribution in [0, 0.1) is 0 Å². The molecule has 7 heteroatoms. The van der Waals surface area contributed by atoms with Crippen LogP contribution < -0.4 is 5.32 Å². The minimum atomic E-state index is -1.11. The second kappa shape index (κ2) is 8.98. The molecule has 0 aliphatic carbocycles. The van der Waals surface area contributed by atoms with Crippen LogP contribution in [-0.4, -0.2) is 36.2 Å². The van der Waals surface area contributed by atoms with Crippen LogP contribution in [0.4, 0.5) is 0 Å². The van der Waals surface area contributed by atoms with Gasteiger partial charge in [0.15, 0.2) is 0 Å². The maximum absolute atomic E-state index is 11.8. The van der Waals surface area contributed by atoms with Crippen LogP contribution in [0.25, 0.3) is 0 Å². The number of hydrogen-bond acceptors (Lipinski definition) is 3. The molecule has 2 atom stereocenters. The first-order valence-electron chi connectivity index (χ1n) is 6.81. The van der Waals surface area contributed by atoms with E-state index in [-0.39, 0.29) is 24.9 Å². The Labute approximate surface area is 139 Å². The molecule has 0 saturated heterocycles. The molecular weight excluding hydrogens is 329 g/mol. The summed E-state index contributed by atoms with van der Waals surface area (Å²) in [5.41, 5.74) is 0.649. The molecule has 122 valence electrons. The first kappa shape index (κ1) is 18.7. The van der Waals surface area contributed by atoms with E-state index < -0.39 is 12.0 Å². The summed E-state index contributed by atoms with van der Waals surface area (Å²) in [6.45, 7) is 1.84. The number of nitrogens with one attached hydrogen (secondary N) is 1. The first-order chi connectivity index (χ1) is 10.3. The number of aliphatic carboxylic acids is 1. The van der Waals surface area contributed by atoms with Gasteiger partial charge < -0.3 is 15.2 Å². The third-order valence-corrected chi connectivity index (χ3v) is 3.61. The molecule has 0 aliphatic heterocycles. The number of carboxylic acid groups (broad SMARTS) is 1. The van der Waals surface area contributed by atoms with Crippen LogP contribution in [0.2, 0.25) is 10.0 Å². The summed E-state index contributed by atoms with van der Waals surface area (Å²) < 4.78 is 5.05. The minimum absolute atomic E-state index is 0.0548. The molecule has 1 aromatic carbocycles. The molecule has 0 heterocycles. The van der Waals surface area contributed by atoms with Gasteiger partial charge >= 0.3 is 5.97 Å². The molecular formula is C15H19Cl2NO4. The molecule has 2 unspecified atom stereocenters. The summed E-state index contributed by atoms with van der Waals surface area (Å²) in [7, 11) is 1.56. The third kappa shape index (κ3) is 6.64. The largest absolute Gasteiger partial charge is 0.480 e. The number of methoxy groups -OCH3 is 1. The van der Waals surface area contributed by atoms with E-state index in [1.165, 1.54) is 0 Å². The Kier molecular flexibility index (Phi) is 7.65. The van der Waals surface area contributed by atoms with Gasteiger partial charge in [0, 0.05) is 30.0 Å². The summed E-state index contributed by atoms with van der Waals surface area (Å²) in [6.07, 6.45) is 0.786. The molecule has 0 spiro atoms. The number of hydrogen-bond donors (Lipinski definition) is 2. The number of carbonyl (C=O) groups is 2. The second-order valence-corrected chi connectivity index (χ2v) is 5.90. The zero-order chi connectivity index (χ0) is 16.7. The van der Waals surface area contributed by atoms with Crippen molar-refractivity contribution in [1.82, 2.24) is 5.32 Å². The fraction of sp³-hybridized carbons (Fsp3) is 0.467. The molecule has 2 N–H and O–H groups in total. The molecule has 0 aliphatic rings. The van der Waals surface area contributed by atoms with Crippen molar-refractivity contribution in [3.05, 3.63) is 33.8 Å². The number of rotatable bonds is 8. The van der Waals surface area contributed by atoms with Crippen molar-refractivity contribution in [1.29, 1.82) is 0 Å². The van der Waals surface area contributed by atoms with Crippen LogP contribution in [0.15, 0.2) is 18.2 Å². The molecule has 0 radical (unpaired) electrons. The van der Waals surface area contributed by atoms with Crippen LogP contribution in [-0.2, 0) is 20.7 Å². The van der Waals surface area contributed by atoms with E-state index in [1.54, 1.807) is 25.3 Å². The predicted molar refractivity (Wildman–Crippen MR) is 85.4 cm³/mol. The van der Waals surface area contributed by atoms with E-state index in [1.807, 2.05) is 6.92 Å². The number of benzene rings is 1. The zero-order valence-corrected chi connectivity index (χ0v) is 13.9. The summed E-state index contributed by atoms with van der Waals surface area (Å²) in [4.78, 5) is 23.1. The van der Waals surface area contributed by atoms with E-state index in [0.29, 0.717) is 22.0 Å². The summed E-state index contributed by atoms with van der Waals surface area (Å²) >= 11 is 11.8.